The second-order valence-electron chi connectivity index (χ2n) is 4.94. The van der Waals surface area contributed by atoms with Crippen LogP contribution in [0.15, 0.2) is 24.3 Å². The molecule has 5 heteroatoms. The van der Waals surface area contributed by atoms with Gasteiger partial charge in [0.1, 0.15) is 5.75 Å². The molecule has 0 heterocycles. The molecule has 3 nitrogen and oxygen atoms in total. The van der Waals surface area contributed by atoms with Gasteiger partial charge in [-0.25, -0.2) is 0 Å². The Balaban J connectivity index is 2.95. The highest BCUT2D eigenvalue weighted by Gasteiger charge is 2.36. The lowest BCUT2D eigenvalue weighted by atomic mass is 10.1. The van der Waals surface area contributed by atoms with Crippen molar-refractivity contribution in [2.45, 2.75) is 44.1 Å². The molecule has 0 unspecified atom stereocenters. The van der Waals surface area contributed by atoms with Crippen LogP contribution < -0.4 is 4.74 Å². The Labute approximate surface area is 130 Å². The van der Waals surface area contributed by atoms with Crippen molar-refractivity contribution >= 4 is 29.1 Å². The molecule has 0 aromatic heterocycles. The van der Waals surface area contributed by atoms with E-state index in [0.29, 0.717) is 13.0 Å². The molecule has 112 valence electrons. The van der Waals surface area contributed by atoms with Gasteiger partial charge in [-0.15, -0.1) is 0 Å². The number of amides is 1. The second-order valence-corrected chi connectivity index (χ2v) is 6.42. The van der Waals surface area contributed by atoms with Gasteiger partial charge in [0.2, 0.25) is 0 Å². The van der Waals surface area contributed by atoms with Gasteiger partial charge >= 0.3 is 0 Å². The second kappa shape index (κ2) is 7.19. The Morgan fingerprint density at radius 2 is 2.05 bits per heavy atom. The molecule has 0 fully saturated rings. The average molecular weight is 318 g/mol. The number of carbonyl (C=O) groups excluding carboxylic acids is 1. The normalized spacial score (nSPS) is 11.6. The van der Waals surface area contributed by atoms with Crippen molar-refractivity contribution < 1.29 is 9.53 Å². The molecule has 0 saturated carbocycles. The van der Waals surface area contributed by atoms with Gasteiger partial charge in [-0.05, 0) is 38.0 Å². The predicted octanol–water partition coefficient (Wildman–Crippen LogP) is 4.02. The number of hydrogen-bond acceptors (Lipinski definition) is 2. The average Bonchev–Trinajstić information content (AvgIpc) is 2.43. The van der Waals surface area contributed by atoms with Crippen LogP contribution in [-0.4, -0.2) is 28.3 Å². The Hall–Kier alpha value is -0.930. The van der Waals surface area contributed by atoms with E-state index in [4.69, 9.17) is 27.9 Å². The molecule has 1 aromatic rings. The summed E-state index contributed by atoms with van der Waals surface area (Å²) in [6, 6.07) is 7.62. The van der Waals surface area contributed by atoms with E-state index in [2.05, 4.69) is 0 Å². The maximum absolute atomic E-state index is 12.4. The first-order valence-corrected chi connectivity index (χ1v) is 7.39. The van der Waals surface area contributed by atoms with Crippen molar-refractivity contribution in [3.63, 3.8) is 0 Å². The van der Waals surface area contributed by atoms with Crippen molar-refractivity contribution in [2.75, 3.05) is 7.11 Å². The van der Waals surface area contributed by atoms with Crippen molar-refractivity contribution in [1.29, 1.82) is 0 Å². The highest BCUT2D eigenvalue weighted by atomic mass is 35.5. The van der Waals surface area contributed by atoms with Crippen LogP contribution in [0.25, 0.3) is 0 Å². The number of halogens is 2. The molecular formula is C15H21Cl2NO2. The van der Waals surface area contributed by atoms with E-state index in [9.17, 15) is 4.79 Å². The van der Waals surface area contributed by atoms with Gasteiger partial charge in [0, 0.05) is 12.6 Å². The van der Waals surface area contributed by atoms with E-state index in [1.807, 2.05) is 38.1 Å². The molecule has 0 saturated heterocycles. The molecule has 0 N–H and O–H groups in total. The number of hydrogen-bond donors (Lipinski definition) is 0. The molecule has 0 spiro atoms. The summed E-state index contributed by atoms with van der Waals surface area (Å²) in [5.74, 6) is 0.498. The minimum absolute atomic E-state index is 0.0112. The molecule has 0 bridgehead atoms. The monoisotopic (exact) mass is 317 g/mol. The summed E-state index contributed by atoms with van der Waals surface area (Å²) >= 11 is 12.2. The van der Waals surface area contributed by atoms with Gasteiger partial charge < -0.3 is 9.64 Å². The number of benzene rings is 1. The summed E-state index contributed by atoms with van der Waals surface area (Å²) in [6.07, 6.45) is 0.371. The topological polar surface area (TPSA) is 29.5 Å². The van der Waals surface area contributed by atoms with Crippen LogP contribution in [0.4, 0.5) is 0 Å². The fraction of sp³-hybridized carbons (Fsp3) is 0.533. The summed E-state index contributed by atoms with van der Waals surface area (Å²) < 4.78 is 3.82. The summed E-state index contributed by atoms with van der Waals surface area (Å²) in [4.78, 5) is 14.1. The number of carbonyl (C=O) groups is 1. The van der Waals surface area contributed by atoms with Gasteiger partial charge in [0.15, 0.2) is 4.33 Å². The predicted molar refractivity (Wildman–Crippen MR) is 83.4 cm³/mol. The number of nitrogens with zero attached hydrogens (tertiary/aromatic N) is 1. The molecule has 1 aromatic carbocycles. The smallest absolute Gasteiger partial charge is 0.259 e. The van der Waals surface area contributed by atoms with Gasteiger partial charge in [-0.3, -0.25) is 4.79 Å². The van der Waals surface area contributed by atoms with Crippen LogP contribution in [0.2, 0.25) is 0 Å². The van der Waals surface area contributed by atoms with Crippen LogP contribution in [0.5, 0.6) is 5.75 Å². The summed E-state index contributed by atoms with van der Waals surface area (Å²) in [5.41, 5.74) is 0.978. The number of methoxy groups -OCH3 is 1. The Morgan fingerprint density at radius 3 is 2.55 bits per heavy atom. The van der Waals surface area contributed by atoms with E-state index in [-0.39, 0.29) is 11.9 Å². The molecule has 0 radical (unpaired) electrons. The van der Waals surface area contributed by atoms with Crippen LogP contribution in [0.1, 0.15) is 32.8 Å². The molecule has 0 atom stereocenters. The molecule has 0 aliphatic carbocycles. The quantitative estimate of drug-likeness (QED) is 0.742. The van der Waals surface area contributed by atoms with Crippen molar-refractivity contribution in [3.8, 4) is 5.75 Å². The highest BCUT2D eigenvalue weighted by Crippen LogP contribution is 2.29. The zero-order chi connectivity index (χ0) is 15.3. The lowest BCUT2D eigenvalue weighted by molar-refractivity contribution is -0.134. The summed E-state index contributed by atoms with van der Waals surface area (Å²) in [5, 5.41) is 0. The molecule has 20 heavy (non-hydrogen) atoms. The Kier molecular flexibility index (Phi) is 6.15. The van der Waals surface area contributed by atoms with Crippen molar-refractivity contribution in [1.82, 2.24) is 4.90 Å². The number of rotatable bonds is 6. The van der Waals surface area contributed by atoms with E-state index in [1.165, 1.54) is 0 Å². The molecule has 0 aliphatic heterocycles. The van der Waals surface area contributed by atoms with E-state index < -0.39 is 4.33 Å². The first kappa shape index (κ1) is 17.1. The minimum Gasteiger partial charge on any atom is -0.497 e. The molecule has 1 rings (SSSR count). The Bertz CT molecular complexity index is 461. The van der Waals surface area contributed by atoms with Gasteiger partial charge in [-0.1, -0.05) is 42.3 Å². The van der Waals surface area contributed by atoms with E-state index in [0.717, 1.165) is 11.3 Å². The van der Waals surface area contributed by atoms with E-state index in [1.54, 1.807) is 18.9 Å². The molecule has 1 amide bonds. The first-order chi connectivity index (χ1) is 9.31. The van der Waals surface area contributed by atoms with Crippen LogP contribution in [0, 0.1) is 0 Å². The standard InChI is InChI=1S/C15H21Cl2NO2/c1-5-15(16,17)14(19)18(11(2)3)10-12-7-6-8-13(9-12)20-4/h6-9,11H,5,10H2,1-4H3. The zero-order valence-electron chi connectivity index (χ0n) is 12.3. The fourth-order valence-corrected chi connectivity index (χ4v) is 2.03. The minimum atomic E-state index is -1.37. The SMILES string of the molecule is CCC(Cl)(Cl)C(=O)N(Cc1cccc(OC)c1)C(C)C. The van der Waals surface area contributed by atoms with Gasteiger partial charge in [-0.2, -0.15) is 0 Å². The summed E-state index contributed by atoms with van der Waals surface area (Å²) in [6.45, 7) is 6.13. The van der Waals surface area contributed by atoms with Crippen LogP contribution in [0.3, 0.4) is 0 Å². The summed E-state index contributed by atoms with van der Waals surface area (Å²) in [7, 11) is 1.62. The number of alkyl halides is 2. The lowest BCUT2D eigenvalue weighted by Crippen LogP contribution is -2.45. The highest BCUT2D eigenvalue weighted by molar-refractivity contribution is 6.58. The van der Waals surface area contributed by atoms with Crippen molar-refractivity contribution in [2.24, 2.45) is 0 Å². The van der Waals surface area contributed by atoms with Crippen LogP contribution in [-0.2, 0) is 11.3 Å². The van der Waals surface area contributed by atoms with E-state index >= 15 is 0 Å². The maximum Gasteiger partial charge on any atom is 0.259 e. The lowest BCUT2D eigenvalue weighted by Gasteiger charge is -2.31. The largest absolute Gasteiger partial charge is 0.497 e. The van der Waals surface area contributed by atoms with Gasteiger partial charge in [0.05, 0.1) is 7.11 Å². The fourth-order valence-electron chi connectivity index (χ4n) is 1.82. The van der Waals surface area contributed by atoms with Crippen molar-refractivity contribution in [3.05, 3.63) is 29.8 Å². The third kappa shape index (κ3) is 4.29. The van der Waals surface area contributed by atoms with Gasteiger partial charge in [0.25, 0.3) is 5.91 Å². The molecule has 0 aliphatic rings. The zero-order valence-corrected chi connectivity index (χ0v) is 13.8. The third-order valence-electron chi connectivity index (χ3n) is 3.13. The third-order valence-corrected chi connectivity index (χ3v) is 3.99. The maximum atomic E-state index is 12.4. The molecular weight excluding hydrogens is 297 g/mol. The van der Waals surface area contributed by atoms with Crippen LogP contribution >= 0.6 is 23.2 Å². The Morgan fingerprint density at radius 1 is 1.40 bits per heavy atom. The first-order valence-electron chi connectivity index (χ1n) is 6.63. The number of ether oxygens (including phenoxy) is 1.